The highest BCUT2D eigenvalue weighted by Gasteiger charge is 2.50. The smallest absolute Gasteiger partial charge is 0.230 e. The molecule has 1 aromatic carbocycles. The lowest BCUT2D eigenvalue weighted by Gasteiger charge is -1.95. The molecule has 1 aliphatic rings. The normalized spacial score (nSPS) is 22.0. The third-order valence-corrected chi connectivity index (χ3v) is 3.29. The number of nitrogens with zero attached hydrogens (tertiary/aromatic N) is 2. The van der Waals surface area contributed by atoms with Crippen LogP contribution in [0.2, 0.25) is 0 Å². The van der Waals surface area contributed by atoms with E-state index < -0.39 is 0 Å². The first-order valence-electron chi connectivity index (χ1n) is 5.56. The Hall–Kier alpha value is -1.64. The van der Waals surface area contributed by atoms with Gasteiger partial charge < -0.3 is 4.52 Å². The summed E-state index contributed by atoms with van der Waals surface area (Å²) in [5, 5.41) is 4.03. The van der Waals surface area contributed by atoms with Crippen molar-refractivity contribution in [3.8, 4) is 11.4 Å². The molecule has 0 saturated heterocycles. The molecule has 0 amide bonds. The summed E-state index contributed by atoms with van der Waals surface area (Å²) in [6.07, 6.45) is 1.14. The summed E-state index contributed by atoms with van der Waals surface area (Å²) in [4.78, 5) is 4.46. The molecule has 1 fully saturated rings. The van der Waals surface area contributed by atoms with Crippen molar-refractivity contribution in [2.75, 3.05) is 0 Å². The topological polar surface area (TPSA) is 38.9 Å². The van der Waals surface area contributed by atoms with Crippen LogP contribution in [0.4, 0.5) is 0 Å². The number of benzene rings is 1. The predicted octanol–water partition coefficient (Wildman–Crippen LogP) is 3.25. The van der Waals surface area contributed by atoms with Gasteiger partial charge in [0.2, 0.25) is 11.7 Å². The molecule has 0 radical (unpaired) electrons. The van der Waals surface area contributed by atoms with Gasteiger partial charge in [-0.3, -0.25) is 0 Å². The van der Waals surface area contributed by atoms with E-state index in [4.69, 9.17) is 4.52 Å². The fraction of sp³-hybridized carbons (Fsp3) is 0.385. The molecule has 0 aliphatic heterocycles. The number of hydrogen-bond acceptors (Lipinski definition) is 3. The van der Waals surface area contributed by atoms with Crippen LogP contribution in [0, 0.1) is 5.41 Å². The number of aromatic nitrogens is 2. The maximum Gasteiger partial charge on any atom is 0.230 e. The summed E-state index contributed by atoms with van der Waals surface area (Å²) in [5.74, 6) is 1.92. The lowest BCUT2D eigenvalue weighted by atomic mass is 10.1. The van der Waals surface area contributed by atoms with Gasteiger partial charge in [0.05, 0.1) is 0 Å². The summed E-state index contributed by atoms with van der Waals surface area (Å²) in [7, 11) is 0. The van der Waals surface area contributed by atoms with Crippen molar-refractivity contribution in [3.05, 3.63) is 36.2 Å². The summed E-state index contributed by atoms with van der Waals surface area (Å²) < 4.78 is 5.32. The largest absolute Gasteiger partial charge is 0.339 e. The molecule has 0 spiro atoms. The molecule has 3 nitrogen and oxygen atoms in total. The summed E-state index contributed by atoms with van der Waals surface area (Å²) in [5.41, 5.74) is 1.34. The lowest BCUT2D eigenvalue weighted by Crippen LogP contribution is -1.89. The third kappa shape index (κ3) is 1.52. The highest BCUT2D eigenvalue weighted by Crippen LogP contribution is 2.58. The van der Waals surface area contributed by atoms with Gasteiger partial charge in [-0.2, -0.15) is 4.98 Å². The van der Waals surface area contributed by atoms with Crippen molar-refractivity contribution in [1.29, 1.82) is 0 Å². The molecule has 2 aromatic rings. The summed E-state index contributed by atoms with van der Waals surface area (Å²) in [6, 6.07) is 9.92. The van der Waals surface area contributed by atoms with Crippen LogP contribution in [-0.4, -0.2) is 10.1 Å². The Kier molecular flexibility index (Phi) is 1.90. The average molecular weight is 214 g/mol. The van der Waals surface area contributed by atoms with Gasteiger partial charge in [-0.1, -0.05) is 49.3 Å². The first-order valence-corrected chi connectivity index (χ1v) is 5.56. The standard InChI is InChI=1S/C13H14N2O/c1-13(2)8-10(13)12-14-11(15-16-12)9-6-4-3-5-7-9/h3-7,10H,8H2,1-2H3. The molecular weight excluding hydrogens is 200 g/mol. The van der Waals surface area contributed by atoms with E-state index in [0.29, 0.717) is 17.2 Å². The number of hydrogen-bond donors (Lipinski definition) is 0. The van der Waals surface area contributed by atoms with Gasteiger partial charge in [-0.25, -0.2) is 0 Å². The molecule has 16 heavy (non-hydrogen) atoms. The Morgan fingerprint density at radius 3 is 2.56 bits per heavy atom. The zero-order chi connectivity index (χ0) is 11.2. The van der Waals surface area contributed by atoms with Crippen LogP contribution in [0.25, 0.3) is 11.4 Å². The van der Waals surface area contributed by atoms with E-state index >= 15 is 0 Å². The second kappa shape index (κ2) is 3.17. The van der Waals surface area contributed by atoms with Gasteiger partial charge in [0.15, 0.2) is 0 Å². The molecule has 1 unspecified atom stereocenters. The maximum atomic E-state index is 5.32. The highest BCUT2D eigenvalue weighted by atomic mass is 16.5. The minimum absolute atomic E-state index is 0.334. The third-order valence-electron chi connectivity index (χ3n) is 3.29. The van der Waals surface area contributed by atoms with Crippen LogP contribution < -0.4 is 0 Å². The summed E-state index contributed by atoms with van der Waals surface area (Å²) >= 11 is 0. The first kappa shape index (κ1) is 9.58. The average Bonchev–Trinajstić information content (AvgIpc) is 2.76. The predicted molar refractivity (Wildman–Crippen MR) is 60.9 cm³/mol. The molecule has 0 N–H and O–H groups in total. The second-order valence-electron chi connectivity index (χ2n) is 5.07. The molecule has 1 atom stereocenters. The molecule has 0 bridgehead atoms. The van der Waals surface area contributed by atoms with Gasteiger partial charge in [0.1, 0.15) is 0 Å². The van der Waals surface area contributed by atoms with E-state index in [0.717, 1.165) is 17.9 Å². The van der Waals surface area contributed by atoms with Crippen molar-refractivity contribution in [1.82, 2.24) is 10.1 Å². The van der Waals surface area contributed by atoms with Crippen LogP contribution in [-0.2, 0) is 0 Å². The Morgan fingerprint density at radius 1 is 1.25 bits per heavy atom. The quantitative estimate of drug-likeness (QED) is 0.770. The second-order valence-corrected chi connectivity index (χ2v) is 5.07. The molecule has 1 aromatic heterocycles. The minimum atomic E-state index is 0.334. The van der Waals surface area contributed by atoms with E-state index in [1.807, 2.05) is 30.3 Å². The summed E-state index contributed by atoms with van der Waals surface area (Å²) in [6.45, 7) is 4.45. The molecular formula is C13H14N2O. The Bertz CT molecular complexity index is 502. The Labute approximate surface area is 94.5 Å². The van der Waals surface area contributed by atoms with E-state index in [1.165, 1.54) is 0 Å². The Balaban J connectivity index is 1.89. The van der Waals surface area contributed by atoms with E-state index in [1.54, 1.807) is 0 Å². The maximum absolute atomic E-state index is 5.32. The van der Waals surface area contributed by atoms with Crippen LogP contribution in [0.15, 0.2) is 34.9 Å². The van der Waals surface area contributed by atoms with E-state index in [2.05, 4.69) is 24.0 Å². The SMILES string of the molecule is CC1(C)CC1c1nc(-c2ccccc2)no1. The van der Waals surface area contributed by atoms with Crippen molar-refractivity contribution >= 4 is 0 Å². The minimum Gasteiger partial charge on any atom is -0.339 e. The van der Waals surface area contributed by atoms with E-state index in [-0.39, 0.29) is 0 Å². The van der Waals surface area contributed by atoms with Gasteiger partial charge in [-0.05, 0) is 11.8 Å². The zero-order valence-corrected chi connectivity index (χ0v) is 9.47. The van der Waals surface area contributed by atoms with Gasteiger partial charge in [0, 0.05) is 11.5 Å². The fourth-order valence-corrected chi connectivity index (χ4v) is 1.97. The first-order chi connectivity index (χ1) is 7.67. The zero-order valence-electron chi connectivity index (χ0n) is 9.47. The lowest BCUT2D eigenvalue weighted by molar-refractivity contribution is 0.368. The Morgan fingerprint density at radius 2 is 1.94 bits per heavy atom. The van der Waals surface area contributed by atoms with Gasteiger partial charge >= 0.3 is 0 Å². The van der Waals surface area contributed by atoms with Crippen LogP contribution in [0.3, 0.4) is 0 Å². The monoisotopic (exact) mass is 214 g/mol. The number of rotatable bonds is 2. The molecule has 1 saturated carbocycles. The van der Waals surface area contributed by atoms with Crippen LogP contribution in [0.1, 0.15) is 32.1 Å². The molecule has 82 valence electrons. The van der Waals surface area contributed by atoms with Gasteiger partial charge in [-0.15, -0.1) is 0 Å². The molecule has 3 rings (SSSR count). The fourth-order valence-electron chi connectivity index (χ4n) is 1.97. The van der Waals surface area contributed by atoms with Crippen molar-refractivity contribution < 1.29 is 4.52 Å². The molecule has 1 heterocycles. The van der Waals surface area contributed by atoms with Crippen molar-refractivity contribution in [3.63, 3.8) is 0 Å². The molecule has 1 aliphatic carbocycles. The highest BCUT2D eigenvalue weighted by molar-refractivity contribution is 5.53. The molecule has 3 heteroatoms. The van der Waals surface area contributed by atoms with Crippen LogP contribution >= 0.6 is 0 Å². The van der Waals surface area contributed by atoms with Crippen LogP contribution in [0.5, 0.6) is 0 Å². The van der Waals surface area contributed by atoms with Crippen molar-refractivity contribution in [2.24, 2.45) is 5.41 Å². The van der Waals surface area contributed by atoms with Crippen molar-refractivity contribution in [2.45, 2.75) is 26.2 Å². The van der Waals surface area contributed by atoms with Gasteiger partial charge in [0.25, 0.3) is 0 Å². The van der Waals surface area contributed by atoms with E-state index in [9.17, 15) is 0 Å².